The number of carbonyl (C=O) groups excluding carboxylic acids is 2. The second kappa shape index (κ2) is 6.62. The predicted octanol–water partition coefficient (Wildman–Crippen LogP) is 3.12. The van der Waals surface area contributed by atoms with Crippen LogP contribution in [0.15, 0.2) is 42.5 Å². The van der Waals surface area contributed by atoms with Crippen LogP contribution in [0.5, 0.6) is 5.75 Å². The Hall–Kier alpha value is -2.67. The van der Waals surface area contributed by atoms with Crippen molar-refractivity contribution in [3.63, 3.8) is 0 Å². The third kappa shape index (κ3) is 2.95. The minimum atomic E-state index is -0.469. The minimum Gasteiger partial charge on any atom is -0.496 e. The smallest absolute Gasteiger partial charge is 0.343 e. The summed E-state index contributed by atoms with van der Waals surface area (Å²) in [5, 5.41) is 0. The van der Waals surface area contributed by atoms with E-state index in [1.807, 2.05) is 6.07 Å². The molecule has 0 saturated heterocycles. The highest BCUT2D eigenvalue weighted by Gasteiger charge is 2.24. The summed E-state index contributed by atoms with van der Waals surface area (Å²) >= 11 is 1.26. The van der Waals surface area contributed by atoms with Gasteiger partial charge in [-0.3, -0.25) is 9.10 Å². The van der Waals surface area contributed by atoms with Crippen LogP contribution in [0.2, 0.25) is 0 Å². The number of fused-ring (bicyclic) bond motifs is 1. The van der Waals surface area contributed by atoms with Crippen molar-refractivity contribution in [3.05, 3.63) is 53.6 Å². The van der Waals surface area contributed by atoms with Gasteiger partial charge in [0.2, 0.25) is 0 Å². The summed E-state index contributed by atoms with van der Waals surface area (Å²) in [5.41, 5.74) is 2.45. The molecular formula is C16H14N2O4S. The first-order valence-corrected chi connectivity index (χ1v) is 7.60. The largest absolute Gasteiger partial charge is 0.496 e. The van der Waals surface area contributed by atoms with Gasteiger partial charge in [-0.05, 0) is 24.3 Å². The zero-order chi connectivity index (χ0) is 16.2. The number of anilines is 2. The van der Waals surface area contributed by atoms with E-state index in [-0.39, 0.29) is 6.73 Å². The van der Waals surface area contributed by atoms with E-state index in [2.05, 4.69) is 4.72 Å². The van der Waals surface area contributed by atoms with Crippen molar-refractivity contribution in [2.24, 2.45) is 0 Å². The standard InChI is InChI=1S/C16H14N2O4S/c1-21-14-8-3-2-6-12(14)16(20)22-10-18-13-7-4-5-11(9-19)15(13)17-23-18/h2-9,17H,10H2,1H3. The Morgan fingerprint density at radius 2 is 2.09 bits per heavy atom. The number of rotatable bonds is 5. The molecule has 1 heterocycles. The fourth-order valence-electron chi connectivity index (χ4n) is 2.23. The molecule has 0 amide bonds. The van der Waals surface area contributed by atoms with E-state index in [1.54, 1.807) is 40.7 Å². The molecule has 0 aromatic heterocycles. The van der Waals surface area contributed by atoms with Gasteiger partial charge in [0.05, 0.1) is 30.6 Å². The first kappa shape index (κ1) is 15.2. The Labute approximate surface area is 137 Å². The van der Waals surface area contributed by atoms with Gasteiger partial charge in [-0.25, -0.2) is 4.79 Å². The summed E-state index contributed by atoms with van der Waals surface area (Å²) < 4.78 is 15.3. The number of esters is 1. The van der Waals surface area contributed by atoms with E-state index in [0.29, 0.717) is 16.9 Å². The van der Waals surface area contributed by atoms with Gasteiger partial charge < -0.3 is 14.2 Å². The summed E-state index contributed by atoms with van der Waals surface area (Å²) in [7, 11) is 1.50. The number of carbonyl (C=O) groups is 2. The van der Waals surface area contributed by atoms with E-state index in [4.69, 9.17) is 9.47 Å². The molecular weight excluding hydrogens is 316 g/mol. The average molecular weight is 330 g/mol. The Morgan fingerprint density at radius 3 is 2.87 bits per heavy atom. The molecule has 0 fully saturated rings. The number of hydrogen-bond donors (Lipinski definition) is 1. The molecule has 0 bridgehead atoms. The number of aldehydes is 1. The molecule has 0 spiro atoms. The maximum Gasteiger partial charge on any atom is 0.343 e. The summed E-state index contributed by atoms with van der Waals surface area (Å²) in [6, 6.07) is 12.2. The van der Waals surface area contributed by atoms with Crippen LogP contribution < -0.4 is 13.8 Å². The molecule has 6 nitrogen and oxygen atoms in total. The third-order valence-electron chi connectivity index (χ3n) is 3.37. The molecule has 118 valence electrons. The zero-order valence-electron chi connectivity index (χ0n) is 12.3. The van der Waals surface area contributed by atoms with Crippen molar-refractivity contribution in [2.75, 3.05) is 22.9 Å². The van der Waals surface area contributed by atoms with Crippen LogP contribution in [0.1, 0.15) is 20.7 Å². The monoisotopic (exact) mass is 330 g/mol. The molecule has 1 N–H and O–H groups in total. The SMILES string of the molecule is COc1ccccc1C(=O)OCN1SNc2c(C=O)cccc21. The predicted molar refractivity (Wildman–Crippen MR) is 88.8 cm³/mol. The Morgan fingerprint density at radius 1 is 1.26 bits per heavy atom. The lowest BCUT2D eigenvalue weighted by molar-refractivity contribution is 0.0518. The Bertz CT molecular complexity index is 751. The quantitative estimate of drug-likeness (QED) is 0.513. The lowest BCUT2D eigenvalue weighted by Crippen LogP contribution is -2.20. The number of nitrogens with one attached hydrogen (secondary N) is 1. The fraction of sp³-hybridized carbons (Fsp3) is 0.125. The van der Waals surface area contributed by atoms with Gasteiger partial charge in [0.1, 0.15) is 11.3 Å². The molecule has 0 atom stereocenters. The number of nitrogens with zero attached hydrogens (tertiary/aromatic N) is 1. The fourth-order valence-corrected chi connectivity index (χ4v) is 3.01. The molecule has 2 aromatic carbocycles. The first-order valence-electron chi connectivity index (χ1n) is 6.83. The second-order valence-corrected chi connectivity index (χ2v) is 5.52. The third-order valence-corrected chi connectivity index (χ3v) is 4.19. The van der Waals surface area contributed by atoms with Gasteiger partial charge in [-0.15, -0.1) is 0 Å². The maximum absolute atomic E-state index is 12.2. The summed E-state index contributed by atoms with van der Waals surface area (Å²) in [6.07, 6.45) is 0.788. The van der Waals surface area contributed by atoms with E-state index >= 15 is 0 Å². The van der Waals surface area contributed by atoms with Crippen LogP contribution in [-0.4, -0.2) is 26.1 Å². The number of benzene rings is 2. The molecule has 0 saturated carbocycles. The van der Waals surface area contributed by atoms with Gasteiger partial charge in [0, 0.05) is 5.56 Å². The van der Waals surface area contributed by atoms with Crippen LogP contribution in [0.25, 0.3) is 0 Å². The molecule has 0 radical (unpaired) electrons. The zero-order valence-corrected chi connectivity index (χ0v) is 13.1. The van der Waals surface area contributed by atoms with E-state index < -0.39 is 5.97 Å². The lowest BCUT2D eigenvalue weighted by Gasteiger charge is -2.16. The molecule has 1 aliphatic heterocycles. The molecule has 3 rings (SSSR count). The molecule has 7 heteroatoms. The Kier molecular flexibility index (Phi) is 4.38. The van der Waals surface area contributed by atoms with Gasteiger partial charge in [0.15, 0.2) is 13.0 Å². The van der Waals surface area contributed by atoms with Crippen LogP contribution in [0.4, 0.5) is 11.4 Å². The van der Waals surface area contributed by atoms with Gasteiger partial charge in [-0.2, -0.15) is 0 Å². The topological polar surface area (TPSA) is 67.9 Å². The van der Waals surface area contributed by atoms with Crippen LogP contribution >= 0.6 is 12.1 Å². The van der Waals surface area contributed by atoms with E-state index in [0.717, 1.165) is 17.7 Å². The van der Waals surface area contributed by atoms with Crippen molar-refractivity contribution >= 4 is 35.8 Å². The average Bonchev–Trinajstić information content (AvgIpc) is 3.02. The summed E-state index contributed by atoms with van der Waals surface area (Å²) in [6.45, 7) is 0.0455. The molecule has 0 unspecified atom stereocenters. The minimum absolute atomic E-state index is 0.0455. The number of hydrogen-bond acceptors (Lipinski definition) is 7. The second-order valence-electron chi connectivity index (χ2n) is 4.69. The Balaban J connectivity index is 1.71. The first-order chi connectivity index (χ1) is 11.2. The summed E-state index contributed by atoms with van der Waals surface area (Å²) in [5.74, 6) is -0.00335. The van der Waals surface area contributed by atoms with E-state index in [1.165, 1.54) is 19.2 Å². The molecule has 1 aliphatic rings. The highest BCUT2D eigenvalue weighted by Crippen LogP contribution is 2.40. The number of methoxy groups -OCH3 is 1. The van der Waals surface area contributed by atoms with Gasteiger partial charge in [0.25, 0.3) is 0 Å². The van der Waals surface area contributed by atoms with Crippen LogP contribution in [0.3, 0.4) is 0 Å². The van der Waals surface area contributed by atoms with Crippen LogP contribution in [0, 0.1) is 0 Å². The summed E-state index contributed by atoms with van der Waals surface area (Å²) in [4.78, 5) is 23.2. The van der Waals surface area contributed by atoms with Crippen molar-refractivity contribution in [2.45, 2.75) is 0 Å². The van der Waals surface area contributed by atoms with Crippen molar-refractivity contribution in [1.29, 1.82) is 0 Å². The highest BCUT2D eigenvalue weighted by molar-refractivity contribution is 8.02. The van der Waals surface area contributed by atoms with Crippen molar-refractivity contribution in [1.82, 2.24) is 0 Å². The highest BCUT2D eigenvalue weighted by atomic mass is 32.2. The number of ether oxygens (including phenoxy) is 2. The van der Waals surface area contributed by atoms with Crippen LogP contribution in [-0.2, 0) is 4.74 Å². The number of para-hydroxylation sites is 2. The van der Waals surface area contributed by atoms with Gasteiger partial charge in [-0.1, -0.05) is 18.2 Å². The maximum atomic E-state index is 12.2. The van der Waals surface area contributed by atoms with Gasteiger partial charge >= 0.3 is 5.97 Å². The van der Waals surface area contributed by atoms with Crippen molar-refractivity contribution in [3.8, 4) is 5.75 Å². The lowest BCUT2D eigenvalue weighted by atomic mass is 10.1. The normalized spacial score (nSPS) is 12.3. The van der Waals surface area contributed by atoms with E-state index in [9.17, 15) is 9.59 Å². The molecule has 0 aliphatic carbocycles. The molecule has 2 aromatic rings. The van der Waals surface area contributed by atoms with Crippen molar-refractivity contribution < 1.29 is 19.1 Å². The molecule has 23 heavy (non-hydrogen) atoms.